The first-order valence-electron chi connectivity index (χ1n) is 9.39. The molecule has 5 nitrogen and oxygen atoms in total. The van der Waals surface area contributed by atoms with E-state index in [1.165, 1.54) is 5.56 Å². The van der Waals surface area contributed by atoms with Crippen LogP contribution in [0.3, 0.4) is 0 Å². The van der Waals surface area contributed by atoms with Gasteiger partial charge in [0.15, 0.2) is 0 Å². The first-order valence-corrected chi connectivity index (χ1v) is 9.77. The van der Waals surface area contributed by atoms with Gasteiger partial charge in [-0.25, -0.2) is 0 Å². The number of pyridine rings is 1. The minimum absolute atomic E-state index is 0.00109. The van der Waals surface area contributed by atoms with E-state index in [-0.39, 0.29) is 11.5 Å². The first-order chi connectivity index (χ1) is 13.5. The van der Waals surface area contributed by atoms with Crippen LogP contribution in [-0.4, -0.2) is 46.9 Å². The highest BCUT2D eigenvalue weighted by Crippen LogP contribution is 2.16. The van der Waals surface area contributed by atoms with Crippen molar-refractivity contribution < 1.29 is 4.79 Å². The maximum absolute atomic E-state index is 12.6. The van der Waals surface area contributed by atoms with Crippen molar-refractivity contribution in [3.8, 4) is 0 Å². The molecule has 1 amide bonds. The Balaban J connectivity index is 1.43. The van der Waals surface area contributed by atoms with Crippen LogP contribution in [0.5, 0.6) is 0 Å². The summed E-state index contributed by atoms with van der Waals surface area (Å²) in [6, 6.07) is 15.0. The topological polar surface area (TPSA) is 56.4 Å². The lowest BCUT2D eigenvalue weighted by atomic mass is 10.1. The summed E-state index contributed by atoms with van der Waals surface area (Å²) in [6.07, 6.45) is 0. The van der Waals surface area contributed by atoms with Gasteiger partial charge in [-0.2, -0.15) is 0 Å². The van der Waals surface area contributed by atoms with Crippen molar-refractivity contribution in [1.82, 2.24) is 14.8 Å². The molecule has 1 aliphatic heterocycles. The molecule has 2 aromatic carbocycles. The largest absolute Gasteiger partial charge is 0.336 e. The maximum Gasteiger partial charge on any atom is 0.253 e. The standard InChI is InChI=1S/C22H22ClN3O2/c1-15-5-6-20-17(11-15)12-18(21(27)24-20)14-25-7-9-26(10-8-25)22(28)16-3-2-4-19(23)13-16/h2-6,11-13H,7-10,14H2,1H3,(H,24,27). The summed E-state index contributed by atoms with van der Waals surface area (Å²) in [5, 5.41) is 1.61. The fourth-order valence-corrected chi connectivity index (χ4v) is 3.83. The smallest absolute Gasteiger partial charge is 0.253 e. The number of piperazine rings is 1. The van der Waals surface area contributed by atoms with Gasteiger partial charge in [0.2, 0.25) is 0 Å². The molecule has 0 spiro atoms. The number of halogens is 1. The highest BCUT2D eigenvalue weighted by atomic mass is 35.5. The third-order valence-electron chi connectivity index (χ3n) is 5.20. The van der Waals surface area contributed by atoms with E-state index in [4.69, 9.17) is 11.6 Å². The van der Waals surface area contributed by atoms with E-state index in [9.17, 15) is 9.59 Å². The third kappa shape index (κ3) is 3.96. The van der Waals surface area contributed by atoms with Crippen molar-refractivity contribution >= 4 is 28.4 Å². The number of fused-ring (bicyclic) bond motifs is 1. The Kier molecular flexibility index (Phi) is 5.20. The van der Waals surface area contributed by atoms with Crippen molar-refractivity contribution in [2.75, 3.05) is 26.2 Å². The number of nitrogens with one attached hydrogen (secondary N) is 1. The molecule has 144 valence electrons. The second-order valence-corrected chi connectivity index (χ2v) is 7.73. The van der Waals surface area contributed by atoms with Crippen LogP contribution in [0.1, 0.15) is 21.5 Å². The van der Waals surface area contributed by atoms with Crippen LogP contribution in [0.15, 0.2) is 53.3 Å². The molecule has 0 saturated carbocycles. The predicted molar refractivity (Wildman–Crippen MR) is 112 cm³/mol. The Labute approximate surface area is 168 Å². The fraction of sp³-hybridized carbons (Fsp3) is 0.273. The summed E-state index contributed by atoms with van der Waals surface area (Å²) in [5.74, 6) is 0.00109. The normalized spacial score (nSPS) is 15.1. The molecule has 1 fully saturated rings. The van der Waals surface area contributed by atoms with Crippen LogP contribution >= 0.6 is 11.6 Å². The van der Waals surface area contributed by atoms with Crippen molar-refractivity contribution in [3.63, 3.8) is 0 Å². The van der Waals surface area contributed by atoms with Crippen molar-refractivity contribution in [2.24, 2.45) is 0 Å². The van der Waals surface area contributed by atoms with Crippen LogP contribution in [0.25, 0.3) is 10.9 Å². The Morgan fingerprint density at radius 1 is 1.07 bits per heavy atom. The number of hydrogen-bond donors (Lipinski definition) is 1. The van der Waals surface area contributed by atoms with Crippen LogP contribution in [0, 0.1) is 6.92 Å². The number of rotatable bonds is 3. The summed E-state index contributed by atoms with van der Waals surface area (Å²) in [7, 11) is 0. The van der Waals surface area contributed by atoms with Gasteiger partial charge in [-0.05, 0) is 48.7 Å². The lowest BCUT2D eigenvalue weighted by molar-refractivity contribution is 0.0628. The fourth-order valence-electron chi connectivity index (χ4n) is 3.64. The maximum atomic E-state index is 12.6. The Morgan fingerprint density at radius 2 is 1.86 bits per heavy atom. The summed E-state index contributed by atoms with van der Waals surface area (Å²) in [6.45, 7) is 5.36. The number of H-pyrrole nitrogens is 1. The molecule has 0 radical (unpaired) electrons. The zero-order valence-corrected chi connectivity index (χ0v) is 16.5. The molecule has 1 saturated heterocycles. The first kappa shape index (κ1) is 18.7. The molecular formula is C22H22ClN3O2. The zero-order chi connectivity index (χ0) is 19.7. The molecule has 3 aromatic rings. The number of aryl methyl sites for hydroxylation is 1. The number of carbonyl (C=O) groups excluding carboxylic acids is 1. The highest BCUT2D eigenvalue weighted by Gasteiger charge is 2.23. The molecular weight excluding hydrogens is 374 g/mol. The monoisotopic (exact) mass is 395 g/mol. The van der Waals surface area contributed by atoms with Crippen LogP contribution in [0.4, 0.5) is 0 Å². The van der Waals surface area contributed by atoms with E-state index >= 15 is 0 Å². The number of aromatic nitrogens is 1. The van der Waals surface area contributed by atoms with Gasteiger partial charge in [0, 0.05) is 54.4 Å². The summed E-state index contributed by atoms with van der Waals surface area (Å²) in [4.78, 5) is 32.1. The number of hydrogen-bond acceptors (Lipinski definition) is 3. The average molecular weight is 396 g/mol. The van der Waals surface area contributed by atoms with E-state index in [2.05, 4.69) is 16.0 Å². The van der Waals surface area contributed by atoms with Crippen LogP contribution in [-0.2, 0) is 6.54 Å². The van der Waals surface area contributed by atoms with E-state index < -0.39 is 0 Å². The van der Waals surface area contributed by atoms with Gasteiger partial charge in [0.05, 0.1) is 0 Å². The van der Waals surface area contributed by atoms with Gasteiger partial charge in [-0.3, -0.25) is 14.5 Å². The van der Waals surface area contributed by atoms with Gasteiger partial charge in [0.25, 0.3) is 11.5 Å². The summed E-state index contributed by atoms with van der Waals surface area (Å²) >= 11 is 6.00. The lowest BCUT2D eigenvalue weighted by Gasteiger charge is -2.34. The minimum Gasteiger partial charge on any atom is -0.336 e. The van der Waals surface area contributed by atoms with Gasteiger partial charge in [-0.1, -0.05) is 29.3 Å². The molecule has 4 rings (SSSR count). The molecule has 2 heterocycles. The van der Waals surface area contributed by atoms with E-state index in [0.717, 1.165) is 29.6 Å². The van der Waals surface area contributed by atoms with Crippen molar-refractivity contribution in [3.05, 3.63) is 80.6 Å². The second-order valence-electron chi connectivity index (χ2n) is 7.29. The molecule has 0 bridgehead atoms. The molecule has 1 aromatic heterocycles. The molecule has 1 aliphatic rings. The lowest BCUT2D eigenvalue weighted by Crippen LogP contribution is -2.48. The van der Waals surface area contributed by atoms with Gasteiger partial charge < -0.3 is 9.88 Å². The van der Waals surface area contributed by atoms with Crippen LogP contribution < -0.4 is 5.56 Å². The van der Waals surface area contributed by atoms with E-state index in [1.54, 1.807) is 24.3 Å². The average Bonchev–Trinajstić information content (AvgIpc) is 2.69. The van der Waals surface area contributed by atoms with Gasteiger partial charge in [0.1, 0.15) is 0 Å². The number of benzene rings is 2. The SMILES string of the molecule is Cc1ccc2[nH]c(=O)c(CN3CCN(C(=O)c4cccc(Cl)c4)CC3)cc2c1. The Morgan fingerprint density at radius 3 is 2.61 bits per heavy atom. The quantitative estimate of drug-likeness (QED) is 0.739. The molecule has 0 unspecified atom stereocenters. The van der Waals surface area contributed by atoms with Gasteiger partial charge in [-0.15, -0.1) is 0 Å². The zero-order valence-electron chi connectivity index (χ0n) is 15.7. The number of carbonyl (C=O) groups is 1. The van der Waals surface area contributed by atoms with E-state index in [1.807, 2.05) is 30.0 Å². The molecule has 6 heteroatoms. The minimum atomic E-state index is -0.0474. The molecule has 28 heavy (non-hydrogen) atoms. The number of nitrogens with zero attached hydrogens (tertiary/aromatic N) is 2. The van der Waals surface area contributed by atoms with Crippen molar-refractivity contribution in [1.29, 1.82) is 0 Å². The second kappa shape index (κ2) is 7.78. The van der Waals surface area contributed by atoms with Gasteiger partial charge >= 0.3 is 0 Å². The Hall–Kier alpha value is -2.63. The number of amides is 1. The third-order valence-corrected chi connectivity index (χ3v) is 5.44. The van der Waals surface area contributed by atoms with Crippen LogP contribution in [0.2, 0.25) is 5.02 Å². The highest BCUT2D eigenvalue weighted by molar-refractivity contribution is 6.30. The Bertz CT molecular complexity index is 1080. The number of aromatic amines is 1. The predicted octanol–water partition coefficient (Wildman–Crippen LogP) is 3.45. The molecule has 0 aliphatic carbocycles. The summed E-state index contributed by atoms with van der Waals surface area (Å²) < 4.78 is 0. The summed E-state index contributed by atoms with van der Waals surface area (Å²) in [5.41, 5.74) is 3.35. The van der Waals surface area contributed by atoms with Crippen molar-refractivity contribution in [2.45, 2.75) is 13.5 Å². The molecule has 0 atom stereocenters. The van der Waals surface area contributed by atoms with E-state index in [0.29, 0.717) is 30.2 Å². The molecule has 1 N–H and O–H groups in total.